The zero-order chi connectivity index (χ0) is 22.4. The van der Waals surface area contributed by atoms with Crippen molar-refractivity contribution in [2.24, 2.45) is 0 Å². The Hall–Kier alpha value is -3.22. The average molecular weight is 432 g/mol. The van der Waals surface area contributed by atoms with Crippen LogP contribution in [0.25, 0.3) is 22.3 Å². The van der Waals surface area contributed by atoms with Crippen molar-refractivity contribution in [1.29, 1.82) is 0 Å². The molecule has 0 radical (unpaired) electrons. The summed E-state index contributed by atoms with van der Waals surface area (Å²) in [5.41, 5.74) is 0.298. The van der Waals surface area contributed by atoms with E-state index >= 15 is 0 Å². The number of esters is 1. The molecule has 2 aromatic carbocycles. The fraction of sp³-hybridized carbons (Fsp3) is 0.292. The lowest BCUT2D eigenvalue weighted by molar-refractivity contribution is -0.144. The summed E-state index contributed by atoms with van der Waals surface area (Å²) in [6.45, 7) is 5.02. The maximum atomic E-state index is 13.7. The number of ether oxygens (including phenoxy) is 2. The average Bonchev–Trinajstić information content (AvgIpc) is 3.16. The molecule has 0 N–H and O–H groups in total. The van der Waals surface area contributed by atoms with Gasteiger partial charge in [0.25, 0.3) is 0 Å². The van der Waals surface area contributed by atoms with Crippen molar-refractivity contribution in [3.05, 3.63) is 66.2 Å². The van der Waals surface area contributed by atoms with Gasteiger partial charge in [-0.2, -0.15) is 13.2 Å². The van der Waals surface area contributed by atoms with E-state index in [4.69, 9.17) is 13.9 Å². The first-order valence-electron chi connectivity index (χ1n) is 9.98. The number of halogens is 3. The van der Waals surface area contributed by atoms with E-state index in [-0.39, 0.29) is 18.1 Å². The van der Waals surface area contributed by atoms with E-state index in [0.29, 0.717) is 28.7 Å². The SMILES string of the molecule is C=CC(=O)OCOc1ccc2cc(-c3ccc(CCCCC)cc3C(F)(F)F)oc2c1. The van der Waals surface area contributed by atoms with Gasteiger partial charge in [-0.3, -0.25) is 0 Å². The number of unbranched alkanes of at least 4 members (excludes halogenated alkanes) is 2. The largest absolute Gasteiger partial charge is 0.457 e. The second-order valence-corrected chi connectivity index (χ2v) is 7.07. The predicted octanol–water partition coefficient (Wildman–Crippen LogP) is 6.92. The summed E-state index contributed by atoms with van der Waals surface area (Å²) < 4.78 is 57.0. The predicted molar refractivity (Wildman–Crippen MR) is 112 cm³/mol. The lowest BCUT2D eigenvalue weighted by Gasteiger charge is -2.13. The maximum absolute atomic E-state index is 13.7. The second kappa shape index (κ2) is 9.73. The zero-order valence-electron chi connectivity index (χ0n) is 17.1. The molecule has 164 valence electrons. The molecule has 3 aromatic rings. The Labute approximate surface area is 178 Å². The third kappa shape index (κ3) is 5.69. The van der Waals surface area contributed by atoms with Crippen LogP contribution < -0.4 is 4.74 Å². The number of carbonyl (C=O) groups excluding carboxylic acids is 1. The van der Waals surface area contributed by atoms with Crippen LogP contribution in [0.1, 0.15) is 37.3 Å². The maximum Gasteiger partial charge on any atom is 0.417 e. The van der Waals surface area contributed by atoms with Crippen LogP contribution in [-0.2, 0) is 22.1 Å². The summed E-state index contributed by atoms with van der Waals surface area (Å²) in [7, 11) is 0. The Morgan fingerprint density at radius 1 is 1.13 bits per heavy atom. The second-order valence-electron chi connectivity index (χ2n) is 7.07. The van der Waals surface area contributed by atoms with E-state index in [1.165, 1.54) is 18.2 Å². The summed E-state index contributed by atoms with van der Waals surface area (Å²) in [5.74, 6) is -0.149. The third-order valence-corrected chi connectivity index (χ3v) is 4.81. The topological polar surface area (TPSA) is 48.7 Å². The van der Waals surface area contributed by atoms with Gasteiger partial charge < -0.3 is 13.9 Å². The Bertz CT molecular complexity index is 1070. The van der Waals surface area contributed by atoms with Crippen LogP contribution in [0.5, 0.6) is 5.75 Å². The van der Waals surface area contributed by atoms with Crippen molar-refractivity contribution >= 4 is 16.9 Å². The van der Waals surface area contributed by atoms with E-state index in [0.717, 1.165) is 25.3 Å². The molecule has 0 aliphatic carbocycles. The highest BCUT2D eigenvalue weighted by atomic mass is 19.4. The normalized spacial score (nSPS) is 11.5. The van der Waals surface area contributed by atoms with Crippen LogP contribution in [0.15, 0.2) is 59.5 Å². The molecule has 31 heavy (non-hydrogen) atoms. The minimum Gasteiger partial charge on any atom is -0.457 e. The summed E-state index contributed by atoms with van der Waals surface area (Å²) in [6.07, 6.45) is -0.0519. The van der Waals surface area contributed by atoms with Gasteiger partial charge in [0.15, 0.2) is 0 Å². The number of alkyl halides is 3. The van der Waals surface area contributed by atoms with Crippen molar-refractivity contribution in [1.82, 2.24) is 0 Å². The Kier molecular flexibility index (Phi) is 7.05. The lowest BCUT2D eigenvalue weighted by atomic mass is 9.98. The summed E-state index contributed by atoms with van der Waals surface area (Å²) in [5, 5.41) is 0.630. The molecule has 0 bridgehead atoms. The monoisotopic (exact) mass is 432 g/mol. The van der Waals surface area contributed by atoms with Gasteiger partial charge in [-0.25, -0.2) is 4.79 Å². The minimum atomic E-state index is -4.50. The van der Waals surface area contributed by atoms with Gasteiger partial charge in [0.05, 0.1) is 5.56 Å². The van der Waals surface area contributed by atoms with Crippen molar-refractivity contribution in [2.75, 3.05) is 6.79 Å². The molecule has 4 nitrogen and oxygen atoms in total. The summed E-state index contributed by atoms with van der Waals surface area (Å²) in [4.78, 5) is 11.1. The quantitative estimate of drug-likeness (QED) is 0.159. The van der Waals surface area contributed by atoms with E-state index in [9.17, 15) is 18.0 Å². The first-order valence-corrected chi connectivity index (χ1v) is 9.98. The lowest BCUT2D eigenvalue weighted by Crippen LogP contribution is -2.08. The summed E-state index contributed by atoms with van der Waals surface area (Å²) in [6, 6.07) is 10.8. The van der Waals surface area contributed by atoms with E-state index in [1.54, 1.807) is 24.3 Å². The van der Waals surface area contributed by atoms with E-state index < -0.39 is 17.7 Å². The van der Waals surface area contributed by atoms with Crippen LogP contribution in [0.3, 0.4) is 0 Å². The molecule has 0 fully saturated rings. The van der Waals surface area contributed by atoms with Crippen LogP contribution in [0, 0.1) is 0 Å². The fourth-order valence-corrected chi connectivity index (χ4v) is 3.22. The molecule has 0 aliphatic heterocycles. The molecule has 3 rings (SSSR count). The molecule has 0 spiro atoms. The number of hydrogen-bond donors (Lipinski definition) is 0. The number of aryl methyl sites for hydroxylation is 1. The Balaban J connectivity index is 1.87. The van der Waals surface area contributed by atoms with Crippen LogP contribution >= 0.6 is 0 Å². The number of fused-ring (bicyclic) bond motifs is 1. The molecule has 0 unspecified atom stereocenters. The highest BCUT2D eigenvalue weighted by molar-refractivity contribution is 5.84. The van der Waals surface area contributed by atoms with Crippen LogP contribution in [0.4, 0.5) is 13.2 Å². The Morgan fingerprint density at radius 3 is 2.65 bits per heavy atom. The van der Waals surface area contributed by atoms with Gasteiger partial charge in [-0.1, -0.05) is 38.5 Å². The van der Waals surface area contributed by atoms with Crippen LogP contribution in [0.2, 0.25) is 0 Å². The first-order chi connectivity index (χ1) is 14.8. The van der Waals surface area contributed by atoms with Gasteiger partial charge in [0, 0.05) is 23.1 Å². The molecule has 0 amide bonds. The Morgan fingerprint density at radius 2 is 1.94 bits per heavy atom. The molecular formula is C24H23F3O4. The zero-order valence-corrected chi connectivity index (χ0v) is 17.1. The number of benzene rings is 2. The number of hydrogen-bond acceptors (Lipinski definition) is 4. The van der Waals surface area contributed by atoms with Gasteiger partial charge >= 0.3 is 12.1 Å². The van der Waals surface area contributed by atoms with E-state index in [2.05, 4.69) is 13.5 Å². The van der Waals surface area contributed by atoms with Gasteiger partial charge in [0.2, 0.25) is 6.79 Å². The molecule has 7 heteroatoms. The smallest absolute Gasteiger partial charge is 0.417 e. The van der Waals surface area contributed by atoms with Crippen molar-refractivity contribution < 1.29 is 31.9 Å². The number of carbonyl (C=O) groups is 1. The minimum absolute atomic E-state index is 0.00896. The molecule has 1 aromatic heterocycles. The molecule has 1 heterocycles. The van der Waals surface area contributed by atoms with Gasteiger partial charge in [-0.05, 0) is 42.7 Å². The fourth-order valence-electron chi connectivity index (χ4n) is 3.22. The van der Waals surface area contributed by atoms with Gasteiger partial charge in [-0.15, -0.1) is 0 Å². The third-order valence-electron chi connectivity index (χ3n) is 4.81. The van der Waals surface area contributed by atoms with Crippen molar-refractivity contribution in [3.8, 4) is 17.1 Å². The van der Waals surface area contributed by atoms with Crippen LogP contribution in [-0.4, -0.2) is 12.8 Å². The van der Waals surface area contributed by atoms with Gasteiger partial charge in [0.1, 0.15) is 17.1 Å². The van der Waals surface area contributed by atoms with Crippen molar-refractivity contribution in [3.63, 3.8) is 0 Å². The van der Waals surface area contributed by atoms with Crippen molar-refractivity contribution in [2.45, 2.75) is 38.8 Å². The molecule has 0 aliphatic rings. The molecule has 0 saturated heterocycles. The highest BCUT2D eigenvalue weighted by Gasteiger charge is 2.34. The first kappa shape index (κ1) is 22.5. The number of furan rings is 1. The molecule has 0 atom stereocenters. The van der Waals surface area contributed by atoms with E-state index in [1.807, 2.05) is 0 Å². The standard InChI is InChI=1S/C24H23F3O4/c1-3-5-6-7-16-8-11-19(20(12-16)24(25,26)27)22-13-17-9-10-18(14-21(17)31-22)29-15-30-23(28)4-2/h4,8-14H,2-3,5-7,15H2,1H3. The molecular weight excluding hydrogens is 409 g/mol. The number of rotatable bonds is 9. The molecule has 0 saturated carbocycles. The highest BCUT2D eigenvalue weighted by Crippen LogP contribution is 2.40. The summed E-state index contributed by atoms with van der Waals surface area (Å²) >= 11 is 0.